The monoisotopic (exact) mass is 235 g/mol. The van der Waals surface area contributed by atoms with Crippen molar-refractivity contribution in [3.63, 3.8) is 0 Å². The number of benzene rings is 1. The maximum absolute atomic E-state index is 9.63. The molecular weight excluding hydrogens is 214 g/mol. The Hall–Kier alpha value is -0.900. The number of aliphatic hydroxyl groups excluding tert-OH is 2. The lowest BCUT2D eigenvalue weighted by Crippen LogP contribution is -2.68. The first-order valence-electron chi connectivity index (χ1n) is 6.23. The fourth-order valence-electron chi connectivity index (χ4n) is 2.84. The van der Waals surface area contributed by atoms with Gasteiger partial charge in [0.1, 0.15) is 0 Å². The molecule has 2 rings (SSSR count). The van der Waals surface area contributed by atoms with Crippen molar-refractivity contribution in [2.45, 2.75) is 25.4 Å². The first-order valence-corrected chi connectivity index (χ1v) is 6.23. The van der Waals surface area contributed by atoms with Crippen LogP contribution in [0.15, 0.2) is 30.3 Å². The van der Waals surface area contributed by atoms with Crippen molar-refractivity contribution in [2.24, 2.45) is 5.92 Å². The molecule has 0 amide bonds. The van der Waals surface area contributed by atoms with Crippen molar-refractivity contribution in [2.75, 3.05) is 19.8 Å². The molecule has 1 heterocycles. The molecule has 1 aliphatic heterocycles. The average molecular weight is 235 g/mol. The number of rotatable bonds is 5. The van der Waals surface area contributed by atoms with E-state index in [0.717, 1.165) is 13.1 Å². The molecule has 3 heteroatoms. The van der Waals surface area contributed by atoms with Gasteiger partial charge >= 0.3 is 0 Å². The van der Waals surface area contributed by atoms with E-state index in [-0.39, 0.29) is 18.8 Å². The van der Waals surface area contributed by atoms with Crippen LogP contribution >= 0.6 is 0 Å². The zero-order chi connectivity index (χ0) is 12.3. The molecule has 94 valence electrons. The third kappa shape index (κ3) is 2.23. The lowest BCUT2D eigenvalue weighted by Gasteiger charge is -2.57. The summed E-state index contributed by atoms with van der Waals surface area (Å²) in [6.07, 6.45) is 0.650. The Labute approximate surface area is 103 Å². The summed E-state index contributed by atoms with van der Waals surface area (Å²) in [6.45, 7) is 4.26. The van der Waals surface area contributed by atoms with Gasteiger partial charge in [0.15, 0.2) is 0 Å². The molecule has 3 nitrogen and oxygen atoms in total. The summed E-state index contributed by atoms with van der Waals surface area (Å²) in [5, 5.41) is 18.8. The normalized spacial score (nSPS) is 29.0. The molecule has 2 N–H and O–H groups in total. The second-order valence-electron chi connectivity index (χ2n) is 5.00. The summed E-state index contributed by atoms with van der Waals surface area (Å²) in [6, 6.07) is 10.3. The Morgan fingerprint density at radius 2 is 2.00 bits per heavy atom. The van der Waals surface area contributed by atoms with Crippen molar-refractivity contribution >= 4 is 0 Å². The number of hydrogen-bond donors (Lipinski definition) is 2. The highest BCUT2D eigenvalue weighted by Gasteiger charge is 2.49. The first-order chi connectivity index (χ1) is 8.23. The van der Waals surface area contributed by atoms with E-state index in [1.165, 1.54) is 5.56 Å². The third-order valence-corrected chi connectivity index (χ3v) is 4.08. The zero-order valence-corrected chi connectivity index (χ0v) is 10.3. The van der Waals surface area contributed by atoms with Gasteiger partial charge in [0, 0.05) is 19.7 Å². The van der Waals surface area contributed by atoms with Crippen LogP contribution in [0.1, 0.15) is 18.9 Å². The van der Waals surface area contributed by atoms with Crippen molar-refractivity contribution in [3.05, 3.63) is 35.9 Å². The minimum Gasteiger partial charge on any atom is -0.396 e. The molecule has 1 aromatic rings. The highest BCUT2D eigenvalue weighted by molar-refractivity contribution is 5.17. The Kier molecular flexibility index (Phi) is 3.82. The molecule has 1 aromatic carbocycles. The van der Waals surface area contributed by atoms with Gasteiger partial charge in [0.05, 0.1) is 12.1 Å². The maximum atomic E-state index is 9.63. The molecule has 1 fully saturated rings. The summed E-state index contributed by atoms with van der Waals surface area (Å²) >= 11 is 0. The van der Waals surface area contributed by atoms with Crippen LogP contribution in [0.25, 0.3) is 0 Å². The van der Waals surface area contributed by atoms with Crippen LogP contribution in [0.2, 0.25) is 0 Å². The molecule has 2 atom stereocenters. The lowest BCUT2D eigenvalue weighted by atomic mass is 9.73. The highest BCUT2D eigenvalue weighted by Crippen LogP contribution is 2.39. The van der Waals surface area contributed by atoms with Crippen LogP contribution in [-0.4, -0.2) is 40.4 Å². The summed E-state index contributed by atoms with van der Waals surface area (Å²) < 4.78 is 0. The van der Waals surface area contributed by atoms with Crippen LogP contribution < -0.4 is 0 Å². The van der Waals surface area contributed by atoms with Gasteiger partial charge < -0.3 is 10.2 Å². The fraction of sp³-hybridized carbons (Fsp3) is 0.571. The molecule has 0 saturated carbocycles. The fourth-order valence-corrected chi connectivity index (χ4v) is 2.84. The number of aliphatic hydroxyl groups is 2. The van der Waals surface area contributed by atoms with E-state index >= 15 is 0 Å². The second-order valence-corrected chi connectivity index (χ2v) is 5.00. The van der Waals surface area contributed by atoms with Gasteiger partial charge in [0.2, 0.25) is 0 Å². The van der Waals surface area contributed by atoms with Gasteiger partial charge in [-0.05, 0) is 17.9 Å². The average Bonchev–Trinajstić information content (AvgIpc) is 2.36. The standard InChI is InChI=1S/C14H21NO2/c1-12-9-15(14(12,11-17)7-8-16)10-13-5-3-2-4-6-13/h2-6,12,16-17H,7-11H2,1H3/t12-,14-/m0/s1. The maximum Gasteiger partial charge on any atom is 0.0619 e. The molecule has 0 aromatic heterocycles. The van der Waals surface area contributed by atoms with Crippen molar-refractivity contribution in [3.8, 4) is 0 Å². The Balaban J connectivity index is 2.07. The van der Waals surface area contributed by atoms with E-state index in [2.05, 4.69) is 24.0 Å². The van der Waals surface area contributed by atoms with E-state index in [1.54, 1.807) is 0 Å². The third-order valence-electron chi connectivity index (χ3n) is 4.08. The van der Waals surface area contributed by atoms with Crippen molar-refractivity contribution in [1.82, 2.24) is 4.90 Å². The Morgan fingerprint density at radius 1 is 1.29 bits per heavy atom. The summed E-state index contributed by atoms with van der Waals surface area (Å²) in [5.41, 5.74) is 1.04. The van der Waals surface area contributed by atoms with Crippen LogP contribution in [-0.2, 0) is 6.54 Å². The number of hydrogen-bond acceptors (Lipinski definition) is 3. The predicted octanol–water partition coefficient (Wildman–Crippen LogP) is 1.25. The topological polar surface area (TPSA) is 43.7 Å². The van der Waals surface area contributed by atoms with E-state index in [0.29, 0.717) is 12.3 Å². The zero-order valence-electron chi connectivity index (χ0n) is 10.3. The van der Waals surface area contributed by atoms with Gasteiger partial charge in [-0.1, -0.05) is 37.3 Å². The molecule has 0 radical (unpaired) electrons. The largest absolute Gasteiger partial charge is 0.396 e. The van der Waals surface area contributed by atoms with E-state index < -0.39 is 0 Å². The molecule has 0 aliphatic carbocycles. The number of likely N-dealkylation sites (tertiary alicyclic amines) is 1. The smallest absolute Gasteiger partial charge is 0.0619 e. The number of nitrogens with zero attached hydrogens (tertiary/aromatic N) is 1. The second kappa shape index (κ2) is 5.17. The summed E-state index contributed by atoms with van der Waals surface area (Å²) in [4.78, 5) is 2.28. The van der Waals surface area contributed by atoms with E-state index in [9.17, 15) is 5.11 Å². The molecule has 1 aliphatic rings. The SMILES string of the molecule is C[C@H]1CN(Cc2ccccc2)[C@]1(CO)CCO. The molecule has 17 heavy (non-hydrogen) atoms. The summed E-state index contributed by atoms with van der Waals surface area (Å²) in [5.74, 6) is 0.448. The molecule has 0 unspecified atom stereocenters. The van der Waals surface area contributed by atoms with Crippen LogP contribution in [0, 0.1) is 5.92 Å². The molecule has 1 saturated heterocycles. The van der Waals surface area contributed by atoms with Gasteiger partial charge in [-0.15, -0.1) is 0 Å². The van der Waals surface area contributed by atoms with Crippen LogP contribution in [0.4, 0.5) is 0 Å². The van der Waals surface area contributed by atoms with E-state index in [4.69, 9.17) is 5.11 Å². The first kappa shape index (κ1) is 12.6. The summed E-state index contributed by atoms with van der Waals surface area (Å²) in [7, 11) is 0. The van der Waals surface area contributed by atoms with Gasteiger partial charge in [-0.25, -0.2) is 0 Å². The molecule has 0 spiro atoms. The predicted molar refractivity (Wildman–Crippen MR) is 67.5 cm³/mol. The lowest BCUT2D eigenvalue weighted by molar-refractivity contribution is -0.121. The van der Waals surface area contributed by atoms with Crippen molar-refractivity contribution < 1.29 is 10.2 Å². The van der Waals surface area contributed by atoms with Gasteiger partial charge in [-0.3, -0.25) is 4.90 Å². The van der Waals surface area contributed by atoms with Gasteiger partial charge in [0.25, 0.3) is 0 Å². The molecular formula is C14H21NO2. The minimum atomic E-state index is -0.218. The van der Waals surface area contributed by atoms with E-state index in [1.807, 2.05) is 18.2 Å². The van der Waals surface area contributed by atoms with Crippen LogP contribution in [0.5, 0.6) is 0 Å². The van der Waals surface area contributed by atoms with Crippen molar-refractivity contribution in [1.29, 1.82) is 0 Å². The van der Waals surface area contributed by atoms with Crippen LogP contribution in [0.3, 0.4) is 0 Å². The quantitative estimate of drug-likeness (QED) is 0.807. The van der Waals surface area contributed by atoms with Gasteiger partial charge in [-0.2, -0.15) is 0 Å². The Bertz CT molecular complexity index is 354. The molecule has 0 bridgehead atoms. The minimum absolute atomic E-state index is 0.127. The Morgan fingerprint density at radius 3 is 2.53 bits per heavy atom. The highest BCUT2D eigenvalue weighted by atomic mass is 16.3.